The van der Waals surface area contributed by atoms with Gasteiger partial charge in [-0.05, 0) is 78.9 Å². The highest BCUT2D eigenvalue weighted by Crippen LogP contribution is 2.70. The summed E-state index contributed by atoms with van der Waals surface area (Å²) in [7, 11) is 0. The van der Waals surface area contributed by atoms with E-state index in [2.05, 4.69) is 0 Å². The molecule has 4 aliphatic carbocycles. The lowest BCUT2D eigenvalue weighted by atomic mass is 9.45. The molecule has 9 unspecified atom stereocenters. The van der Waals surface area contributed by atoms with Crippen LogP contribution in [0.25, 0.3) is 0 Å². The Labute approximate surface area is 225 Å². The molecule has 38 heavy (non-hydrogen) atoms. The lowest BCUT2D eigenvalue weighted by Gasteiger charge is -2.62. The summed E-state index contributed by atoms with van der Waals surface area (Å²) in [5.41, 5.74) is -3.80. The number of hydrogen-bond acceptors (Lipinski definition) is 6. The molecule has 0 aromatic heterocycles. The minimum absolute atomic E-state index is 0.0495. The molecule has 0 spiro atoms. The van der Waals surface area contributed by atoms with Crippen molar-refractivity contribution in [2.45, 2.75) is 57.6 Å². The van der Waals surface area contributed by atoms with Crippen LogP contribution < -0.4 is 0 Å². The predicted octanol–water partition coefficient (Wildman–Crippen LogP) is 4.25. The molecule has 0 aliphatic heterocycles. The van der Waals surface area contributed by atoms with Gasteiger partial charge in [-0.1, -0.05) is 36.7 Å². The van der Waals surface area contributed by atoms with Gasteiger partial charge < -0.3 is 15.4 Å². The van der Waals surface area contributed by atoms with Crippen LogP contribution >= 0.6 is 11.6 Å². The molecular formula is C29H34ClF2NO5. The first-order chi connectivity index (χ1) is 17.8. The zero-order chi connectivity index (χ0) is 27.6. The topological polar surface area (TPSA) is 98.1 Å². The molecule has 3 saturated carbocycles. The number of carbonyl (C=O) groups excluding carboxylic acids is 2. The Morgan fingerprint density at radius 2 is 1.87 bits per heavy atom. The van der Waals surface area contributed by atoms with Crippen molar-refractivity contribution in [2.75, 3.05) is 13.2 Å². The van der Waals surface area contributed by atoms with Crippen LogP contribution in [0.15, 0.2) is 48.1 Å². The van der Waals surface area contributed by atoms with Crippen molar-refractivity contribution in [3.8, 4) is 0 Å². The minimum Gasteiger partial charge on any atom is -0.390 e. The number of aliphatic hydroxyl groups is 2. The molecule has 1 aromatic rings. The summed E-state index contributed by atoms with van der Waals surface area (Å²) in [6.07, 6.45) is 0.757. The Hall–Kier alpha value is -1.97. The number of fused-ring (bicyclic) bond motifs is 5. The second-order valence-electron chi connectivity index (χ2n) is 12.0. The first-order valence-corrected chi connectivity index (χ1v) is 13.5. The third-order valence-electron chi connectivity index (χ3n) is 10.0. The average Bonchev–Trinajstić information content (AvgIpc) is 3.14. The van der Waals surface area contributed by atoms with Crippen molar-refractivity contribution < 1.29 is 33.8 Å². The number of Topliss-reactive ketones (excluding diaryl/α,β-unsaturated/α-hetero) is 1. The number of carbonyl (C=O) groups is 2. The fourth-order valence-corrected chi connectivity index (χ4v) is 8.56. The fourth-order valence-electron chi connectivity index (χ4n) is 8.43. The summed E-state index contributed by atoms with van der Waals surface area (Å²) in [5, 5.41) is 33.7. The molecule has 0 saturated heterocycles. The Morgan fingerprint density at radius 3 is 2.53 bits per heavy atom. The number of halogens is 3. The second-order valence-corrected chi connectivity index (χ2v) is 12.5. The number of aliphatic hydroxyl groups excluding tert-OH is 2. The lowest BCUT2D eigenvalue weighted by molar-refractivity contribution is -0.202. The van der Waals surface area contributed by atoms with E-state index >= 15 is 8.78 Å². The van der Waals surface area contributed by atoms with Crippen LogP contribution in [0.3, 0.4) is 0 Å². The Balaban J connectivity index is 1.49. The number of ketones is 2. The van der Waals surface area contributed by atoms with Gasteiger partial charge in [-0.25, -0.2) is 8.78 Å². The number of rotatable bonds is 6. The van der Waals surface area contributed by atoms with E-state index in [4.69, 9.17) is 11.6 Å². The largest absolute Gasteiger partial charge is 0.390 e. The molecule has 9 heteroatoms. The summed E-state index contributed by atoms with van der Waals surface area (Å²) >= 11 is 5.95. The lowest BCUT2D eigenvalue weighted by Crippen LogP contribution is -2.68. The van der Waals surface area contributed by atoms with Gasteiger partial charge >= 0.3 is 0 Å². The van der Waals surface area contributed by atoms with E-state index in [1.807, 2.05) is 6.92 Å². The van der Waals surface area contributed by atoms with Crippen molar-refractivity contribution in [3.05, 3.63) is 58.7 Å². The zero-order valence-electron chi connectivity index (χ0n) is 21.5. The zero-order valence-corrected chi connectivity index (χ0v) is 22.2. The summed E-state index contributed by atoms with van der Waals surface area (Å²) in [6, 6.07) is 6.98. The van der Waals surface area contributed by atoms with Gasteiger partial charge in [0.2, 0.25) is 0 Å². The van der Waals surface area contributed by atoms with E-state index in [0.29, 0.717) is 11.4 Å². The summed E-state index contributed by atoms with van der Waals surface area (Å²) in [6.45, 7) is 2.90. The molecule has 206 valence electrons. The van der Waals surface area contributed by atoms with Crippen molar-refractivity contribution in [1.82, 2.24) is 5.06 Å². The van der Waals surface area contributed by atoms with Crippen molar-refractivity contribution in [2.24, 2.45) is 34.5 Å². The molecule has 4 aliphatic rings. The van der Waals surface area contributed by atoms with Gasteiger partial charge in [0.05, 0.1) is 6.10 Å². The molecular weight excluding hydrogens is 516 g/mol. The molecule has 3 N–H and O–H groups in total. The number of hydroxylamine groups is 2. The van der Waals surface area contributed by atoms with Gasteiger partial charge in [-0.2, -0.15) is 5.06 Å². The Morgan fingerprint density at radius 1 is 1.18 bits per heavy atom. The van der Waals surface area contributed by atoms with Crippen molar-refractivity contribution in [1.29, 1.82) is 0 Å². The number of allylic oxidation sites excluding steroid dienone is 4. The van der Waals surface area contributed by atoms with Gasteiger partial charge in [0.25, 0.3) is 0 Å². The molecule has 0 radical (unpaired) electrons. The molecule has 3 fully saturated rings. The van der Waals surface area contributed by atoms with E-state index in [-0.39, 0.29) is 31.5 Å². The van der Waals surface area contributed by atoms with Crippen LogP contribution in [0.4, 0.5) is 8.78 Å². The predicted molar refractivity (Wildman–Crippen MR) is 137 cm³/mol. The summed E-state index contributed by atoms with van der Waals surface area (Å²) in [5.74, 6) is -3.43. The van der Waals surface area contributed by atoms with Gasteiger partial charge in [0.15, 0.2) is 17.2 Å². The van der Waals surface area contributed by atoms with Crippen LogP contribution in [0.5, 0.6) is 0 Å². The van der Waals surface area contributed by atoms with E-state index in [0.717, 1.165) is 16.7 Å². The minimum atomic E-state index is -2.24. The first-order valence-electron chi connectivity index (χ1n) is 13.1. The van der Waals surface area contributed by atoms with E-state index in [1.165, 1.54) is 19.1 Å². The quantitative estimate of drug-likeness (QED) is 0.459. The van der Waals surface area contributed by atoms with Crippen molar-refractivity contribution >= 4 is 23.2 Å². The Bertz CT molecular complexity index is 1190. The normalized spacial score (nSPS) is 41.9. The number of alkyl halides is 2. The summed E-state index contributed by atoms with van der Waals surface area (Å²) < 4.78 is 33.0. The maximum atomic E-state index is 17.3. The van der Waals surface area contributed by atoms with Crippen LogP contribution in [-0.2, 0) is 16.1 Å². The molecule has 1 aromatic carbocycles. The highest BCUT2D eigenvalue weighted by molar-refractivity contribution is 6.30. The smallest absolute Gasteiger partial charge is 0.178 e. The summed E-state index contributed by atoms with van der Waals surface area (Å²) in [4.78, 5) is 25.1. The molecule has 0 amide bonds. The van der Waals surface area contributed by atoms with Gasteiger partial charge in [-0.15, -0.1) is 0 Å². The molecule has 9 atom stereocenters. The second kappa shape index (κ2) is 9.59. The van der Waals surface area contributed by atoms with Crippen LogP contribution in [0.2, 0.25) is 5.02 Å². The van der Waals surface area contributed by atoms with Crippen LogP contribution in [0, 0.1) is 34.5 Å². The van der Waals surface area contributed by atoms with E-state index < -0.39 is 70.6 Å². The number of hydrogen-bond donors (Lipinski definition) is 3. The molecule has 5 rings (SSSR count). The highest BCUT2D eigenvalue weighted by atomic mass is 35.5. The standard InChI is InChI=1S/C29H34ClF2NO5/c1-27-12-25(37)29(32)21(11-23(31)22-10-19(35)7-8-28(22,29)2)20(27)9-17(26(27)24(36)15-34)14-33(38)13-16-3-5-18(30)6-4-16/h3-8,10,17,20-21,23,25-26,34,37-38H,9,11-15H2,1-2H3. The van der Waals surface area contributed by atoms with Gasteiger partial charge in [0.1, 0.15) is 12.8 Å². The van der Waals surface area contributed by atoms with E-state index in [1.54, 1.807) is 24.3 Å². The Kier molecular flexibility index (Phi) is 6.97. The average molecular weight is 550 g/mol. The maximum absolute atomic E-state index is 17.3. The molecule has 0 bridgehead atoms. The van der Waals surface area contributed by atoms with Gasteiger partial charge in [0, 0.05) is 35.4 Å². The molecule has 0 heterocycles. The highest BCUT2D eigenvalue weighted by Gasteiger charge is 2.73. The maximum Gasteiger partial charge on any atom is 0.178 e. The molecule has 6 nitrogen and oxygen atoms in total. The van der Waals surface area contributed by atoms with Gasteiger partial charge in [-0.3, -0.25) is 9.59 Å². The van der Waals surface area contributed by atoms with Crippen LogP contribution in [0.1, 0.15) is 38.7 Å². The van der Waals surface area contributed by atoms with E-state index in [9.17, 15) is 25.0 Å². The monoisotopic (exact) mass is 549 g/mol. The third kappa shape index (κ3) is 4.03. The fraction of sp³-hybridized carbons (Fsp3) is 0.586. The van der Waals surface area contributed by atoms with Crippen molar-refractivity contribution in [3.63, 3.8) is 0 Å². The number of nitrogens with zero attached hydrogens (tertiary/aromatic N) is 1. The number of benzene rings is 1. The first kappa shape index (κ1) is 27.6. The SMILES string of the molecule is CC12CC(O)C3(F)C(CC(F)C4=CC(=O)C=CC43C)C1CC(CN(O)Cc1ccc(Cl)cc1)C2C(=O)CO. The third-order valence-corrected chi connectivity index (χ3v) is 10.3. The van der Waals surface area contributed by atoms with Crippen LogP contribution in [-0.4, -0.2) is 63.1 Å².